The van der Waals surface area contributed by atoms with Crippen molar-refractivity contribution in [2.75, 3.05) is 18.5 Å². The maximum absolute atomic E-state index is 5.86. The number of rotatable bonds is 8. The van der Waals surface area contributed by atoms with Crippen LogP contribution in [-0.2, 0) is 5.41 Å². The number of hydrogen-bond acceptors (Lipinski definition) is 3. The lowest BCUT2D eigenvalue weighted by Crippen LogP contribution is -2.18. The highest BCUT2D eigenvalue weighted by Gasteiger charge is 2.22. The number of nitrogens with zero attached hydrogens (tertiary/aromatic N) is 1. The Morgan fingerprint density at radius 3 is 2.23 bits per heavy atom. The first-order chi connectivity index (χ1) is 12.7. The van der Waals surface area contributed by atoms with Gasteiger partial charge in [0.05, 0.1) is 6.61 Å². The fourth-order valence-corrected chi connectivity index (χ4v) is 2.94. The van der Waals surface area contributed by atoms with Crippen LogP contribution in [0, 0.1) is 0 Å². The normalized spacial score (nSPS) is 11.2. The molecule has 2 aromatic carbocycles. The van der Waals surface area contributed by atoms with E-state index in [-0.39, 0.29) is 5.41 Å². The van der Waals surface area contributed by atoms with Gasteiger partial charge >= 0.3 is 0 Å². The van der Waals surface area contributed by atoms with E-state index in [0.717, 1.165) is 24.5 Å². The van der Waals surface area contributed by atoms with E-state index in [1.807, 2.05) is 18.2 Å². The quantitative estimate of drug-likeness (QED) is 0.563. The predicted octanol–water partition coefficient (Wildman–Crippen LogP) is 5.29. The molecule has 0 radical (unpaired) electrons. The van der Waals surface area contributed by atoms with Crippen molar-refractivity contribution in [2.45, 2.75) is 25.7 Å². The van der Waals surface area contributed by atoms with Crippen LogP contribution < -0.4 is 10.1 Å². The van der Waals surface area contributed by atoms with Crippen molar-refractivity contribution in [3.05, 3.63) is 90.1 Å². The van der Waals surface area contributed by atoms with Gasteiger partial charge in [0.15, 0.2) is 0 Å². The van der Waals surface area contributed by atoms with Crippen LogP contribution in [0.15, 0.2) is 79.0 Å². The third kappa shape index (κ3) is 4.63. The van der Waals surface area contributed by atoms with Crippen molar-refractivity contribution < 1.29 is 4.74 Å². The van der Waals surface area contributed by atoms with E-state index in [9.17, 15) is 0 Å². The third-order valence-electron chi connectivity index (χ3n) is 4.63. The maximum atomic E-state index is 5.86. The van der Waals surface area contributed by atoms with E-state index in [1.54, 1.807) is 6.20 Å². The Morgan fingerprint density at radius 2 is 1.54 bits per heavy atom. The van der Waals surface area contributed by atoms with Crippen molar-refractivity contribution in [1.29, 1.82) is 0 Å². The molecule has 0 bridgehead atoms. The average molecular weight is 346 g/mol. The molecule has 0 saturated heterocycles. The first-order valence-corrected chi connectivity index (χ1v) is 9.10. The zero-order valence-electron chi connectivity index (χ0n) is 15.5. The van der Waals surface area contributed by atoms with Crippen LogP contribution >= 0.6 is 0 Å². The molecule has 0 spiro atoms. The summed E-state index contributed by atoms with van der Waals surface area (Å²) in [5.41, 5.74) is 2.58. The maximum Gasteiger partial charge on any atom is 0.125 e. The summed E-state index contributed by atoms with van der Waals surface area (Å²) in [6.07, 6.45) is 2.71. The van der Waals surface area contributed by atoms with Crippen LogP contribution in [-0.4, -0.2) is 18.1 Å². The lowest BCUT2D eigenvalue weighted by molar-refractivity contribution is 0.315. The Kier molecular flexibility index (Phi) is 5.90. The van der Waals surface area contributed by atoms with Gasteiger partial charge in [0.1, 0.15) is 11.6 Å². The van der Waals surface area contributed by atoms with Crippen LogP contribution in [0.1, 0.15) is 31.4 Å². The summed E-state index contributed by atoms with van der Waals surface area (Å²) >= 11 is 0. The molecule has 3 nitrogen and oxygen atoms in total. The molecule has 0 atom stereocenters. The molecule has 3 heteroatoms. The van der Waals surface area contributed by atoms with Gasteiger partial charge in [-0.3, -0.25) is 0 Å². The summed E-state index contributed by atoms with van der Waals surface area (Å²) in [5, 5.41) is 3.29. The second kappa shape index (κ2) is 8.52. The molecule has 0 aliphatic carbocycles. The Balaban J connectivity index is 1.49. The number of nitrogens with one attached hydrogen (secondary N) is 1. The third-order valence-corrected chi connectivity index (χ3v) is 4.63. The van der Waals surface area contributed by atoms with Crippen LogP contribution in [0.4, 0.5) is 5.82 Å². The average Bonchev–Trinajstić information content (AvgIpc) is 2.69. The fourth-order valence-electron chi connectivity index (χ4n) is 2.94. The zero-order chi connectivity index (χ0) is 18.2. The molecule has 0 aliphatic heterocycles. The number of anilines is 1. The predicted molar refractivity (Wildman–Crippen MR) is 108 cm³/mol. The minimum absolute atomic E-state index is 0.0214. The van der Waals surface area contributed by atoms with Crippen molar-refractivity contribution in [3.8, 4) is 5.75 Å². The molecular weight excluding hydrogens is 320 g/mol. The Hall–Kier alpha value is -2.81. The number of ether oxygens (including phenoxy) is 1. The summed E-state index contributed by atoms with van der Waals surface area (Å²) in [5.74, 6) is 1.82. The van der Waals surface area contributed by atoms with Gasteiger partial charge in [-0.25, -0.2) is 4.98 Å². The highest BCUT2D eigenvalue weighted by atomic mass is 16.5. The molecule has 0 aliphatic rings. The van der Waals surface area contributed by atoms with Gasteiger partial charge < -0.3 is 10.1 Å². The molecule has 0 saturated carbocycles. The smallest absolute Gasteiger partial charge is 0.125 e. The molecule has 134 valence electrons. The Labute approximate surface area is 156 Å². The second-order valence-corrected chi connectivity index (χ2v) is 6.86. The Morgan fingerprint density at radius 1 is 0.846 bits per heavy atom. The van der Waals surface area contributed by atoms with Crippen LogP contribution in [0.2, 0.25) is 0 Å². The fraction of sp³-hybridized carbons (Fsp3) is 0.261. The van der Waals surface area contributed by atoms with Crippen molar-refractivity contribution >= 4 is 5.82 Å². The summed E-state index contributed by atoms with van der Waals surface area (Å²) in [6, 6.07) is 24.9. The molecule has 3 aromatic rings. The second-order valence-electron chi connectivity index (χ2n) is 6.86. The summed E-state index contributed by atoms with van der Waals surface area (Å²) in [6.45, 7) is 6.03. The number of aromatic nitrogens is 1. The number of hydrogen-bond donors (Lipinski definition) is 1. The SMILES string of the molecule is CC(C)(c1ccccc1)c1ccc(OCCCNc2ccccn2)cc1. The standard InChI is InChI=1S/C23H26N2O/c1-23(2,19-9-4-3-5-10-19)20-12-14-21(15-13-20)26-18-8-17-25-22-11-6-7-16-24-22/h3-7,9-16H,8,17-18H2,1-2H3,(H,24,25). The highest BCUT2D eigenvalue weighted by molar-refractivity contribution is 5.40. The minimum atomic E-state index is -0.0214. The van der Waals surface area contributed by atoms with Crippen LogP contribution in [0.25, 0.3) is 0 Å². The lowest BCUT2D eigenvalue weighted by Gasteiger charge is -2.26. The molecule has 1 heterocycles. The summed E-state index contributed by atoms with van der Waals surface area (Å²) < 4.78 is 5.86. The molecule has 3 rings (SSSR count). The van der Waals surface area contributed by atoms with E-state index in [1.165, 1.54) is 11.1 Å². The molecule has 0 amide bonds. The first-order valence-electron chi connectivity index (χ1n) is 9.10. The molecule has 0 unspecified atom stereocenters. The van der Waals surface area contributed by atoms with Crippen LogP contribution in [0.5, 0.6) is 5.75 Å². The van der Waals surface area contributed by atoms with Gasteiger partial charge in [-0.15, -0.1) is 0 Å². The minimum Gasteiger partial charge on any atom is -0.494 e. The van der Waals surface area contributed by atoms with Gasteiger partial charge in [0.25, 0.3) is 0 Å². The monoisotopic (exact) mass is 346 g/mol. The van der Waals surface area contributed by atoms with E-state index in [0.29, 0.717) is 6.61 Å². The van der Waals surface area contributed by atoms with E-state index < -0.39 is 0 Å². The van der Waals surface area contributed by atoms with E-state index >= 15 is 0 Å². The largest absolute Gasteiger partial charge is 0.494 e. The van der Waals surface area contributed by atoms with Crippen molar-refractivity contribution in [3.63, 3.8) is 0 Å². The Bertz CT molecular complexity index is 783. The lowest BCUT2D eigenvalue weighted by atomic mass is 9.78. The molecule has 1 aromatic heterocycles. The van der Waals surface area contributed by atoms with E-state index in [2.05, 4.69) is 78.7 Å². The zero-order valence-corrected chi connectivity index (χ0v) is 15.5. The topological polar surface area (TPSA) is 34.1 Å². The number of benzene rings is 2. The van der Waals surface area contributed by atoms with Crippen molar-refractivity contribution in [1.82, 2.24) is 4.98 Å². The van der Waals surface area contributed by atoms with Crippen molar-refractivity contribution in [2.24, 2.45) is 0 Å². The molecule has 26 heavy (non-hydrogen) atoms. The van der Waals surface area contributed by atoms with Gasteiger partial charge in [0.2, 0.25) is 0 Å². The summed E-state index contributed by atoms with van der Waals surface area (Å²) in [4.78, 5) is 4.24. The van der Waals surface area contributed by atoms with Gasteiger partial charge in [-0.2, -0.15) is 0 Å². The van der Waals surface area contributed by atoms with Gasteiger partial charge in [-0.05, 0) is 41.8 Å². The van der Waals surface area contributed by atoms with Gasteiger partial charge in [-0.1, -0.05) is 62.4 Å². The molecule has 1 N–H and O–H groups in total. The van der Waals surface area contributed by atoms with E-state index in [4.69, 9.17) is 4.74 Å². The number of pyridine rings is 1. The highest BCUT2D eigenvalue weighted by Crippen LogP contribution is 2.32. The first kappa shape index (κ1) is 18.0. The molecular formula is C23H26N2O. The molecule has 0 fully saturated rings. The van der Waals surface area contributed by atoms with Crippen LogP contribution in [0.3, 0.4) is 0 Å². The van der Waals surface area contributed by atoms with Gasteiger partial charge in [0, 0.05) is 18.2 Å². The summed E-state index contributed by atoms with van der Waals surface area (Å²) in [7, 11) is 0.